The molecule has 36 heavy (non-hydrogen) atoms. The molecule has 20 heteroatoms. The highest BCUT2D eigenvalue weighted by molar-refractivity contribution is 7.86. The molecule has 3 aromatic rings. The lowest BCUT2D eigenvalue weighted by Crippen LogP contribution is -2.16. The minimum absolute atomic E-state index is 0.00662. The molecule has 0 spiro atoms. The molecule has 1 aromatic carbocycles. The number of nitrogens with one attached hydrogen (secondary N) is 4. The predicted molar refractivity (Wildman–Crippen MR) is 132 cm³/mol. The van der Waals surface area contributed by atoms with Crippen molar-refractivity contribution in [3.63, 3.8) is 0 Å². The van der Waals surface area contributed by atoms with Crippen LogP contribution in [0.15, 0.2) is 24.3 Å². The third kappa shape index (κ3) is 9.84. The molecule has 2 heterocycles. The smallest absolute Gasteiger partial charge is 0.266 e. The fourth-order valence-corrected chi connectivity index (χ4v) is 3.49. The summed E-state index contributed by atoms with van der Waals surface area (Å²) in [5, 5.41) is 10.8. The van der Waals surface area contributed by atoms with Gasteiger partial charge in [0.25, 0.3) is 20.2 Å². The van der Waals surface area contributed by atoms with Gasteiger partial charge >= 0.3 is 0 Å². The Labute approximate surface area is 214 Å². The van der Waals surface area contributed by atoms with E-state index in [-0.39, 0.29) is 47.5 Å². The van der Waals surface area contributed by atoms with Crippen LogP contribution in [0, 0.1) is 0 Å². The van der Waals surface area contributed by atoms with Crippen molar-refractivity contribution in [1.29, 1.82) is 0 Å². The van der Waals surface area contributed by atoms with Crippen LogP contribution >= 0.6 is 23.2 Å². The Morgan fingerprint density at radius 1 is 0.611 bits per heavy atom. The molecule has 0 saturated heterocycles. The van der Waals surface area contributed by atoms with Crippen molar-refractivity contribution in [3.8, 4) is 0 Å². The molecule has 0 fully saturated rings. The first-order valence-corrected chi connectivity index (χ1v) is 13.7. The molecule has 0 amide bonds. The van der Waals surface area contributed by atoms with Crippen molar-refractivity contribution < 1.29 is 25.9 Å². The quantitative estimate of drug-likeness (QED) is 0.166. The largest absolute Gasteiger partial charge is 0.353 e. The zero-order valence-corrected chi connectivity index (χ0v) is 21.1. The van der Waals surface area contributed by atoms with Gasteiger partial charge in [-0.05, 0) is 47.5 Å². The lowest BCUT2D eigenvalue weighted by molar-refractivity contribution is 0.481. The van der Waals surface area contributed by atoms with E-state index < -0.39 is 31.7 Å². The van der Waals surface area contributed by atoms with Gasteiger partial charge < -0.3 is 21.3 Å². The second-order valence-electron chi connectivity index (χ2n) is 6.76. The molecule has 0 radical (unpaired) electrons. The molecule has 0 saturated carbocycles. The maximum absolute atomic E-state index is 10.8. The number of hydrogen-bond acceptors (Lipinski definition) is 14. The van der Waals surface area contributed by atoms with E-state index in [2.05, 4.69) is 51.2 Å². The third-order valence-corrected chi connectivity index (χ3v) is 5.68. The monoisotopic (exact) mass is 580 g/mol. The normalized spacial score (nSPS) is 11.7. The highest BCUT2D eigenvalue weighted by Gasteiger charge is 2.10. The van der Waals surface area contributed by atoms with Crippen LogP contribution in [0.2, 0.25) is 10.6 Å². The molecular formula is C16H18Cl2N10O6S2. The van der Waals surface area contributed by atoms with Crippen LogP contribution in [-0.2, 0) is 20.2 Å². The van der Waals surface area contributed by atoms with Crippen LogP contribution in [0.25, 0.3) is 0 Å². The van der Waals surface area contributed by atoms with Gasteiger partial charge in [-0.2, -0.15) is 46.7 Å². The molecule has 0 aliphatic rings. The van der Waals surface area contributed by atoms with Gasteiger partial charge in [0.1, 0.15) is 0 Å². The number of nitrogens with zero attached hydrogens (tertiary/aromatic N) is 6. The minimum Gasteiger partial charge on any atom is -0.353 e. The average molecular weight is 581 g/mol. The summed E-state index contributed by atoms with van der Waals surface area (Å²) >= 11 is 11.8. The van der Waals surface area contributed by atoms with Gasteiger partial charge in [-0.1, -0.05) is 0 Å². The van der Waals surface area contributed by atoms with E-state index in [9.17, 15) is 16.8 Å². The van der Waals surface area contributed by atoms with E-state index in [0.717, 1.165) is 0 Å². The fraction of sp³-hybridized carbons (Fsp3) is 0.250. The van der Waals surface area contributed by atoms with Gasteiger partial charge in [0.2, 0.25) is 34.4 Å². The zero-order valence-electron chi connectivity index (χ0n) is 17.9. The van der Waals surface area contributed by atoms with Crippen LogP contribution in [0.4, 0.5) is 35.2 Å². The van der Waals surface area contributed by atoms with Crippen LogP contribution < -0.4 is 21.3 Å². The Balaban J connectivity index is 1.63. The van der Waals surface area contributed by atoms with Gasteiger partial charge in [0, 0.05) is 24.5 Å². The molecule has 0 aliphatic carbocycles. The standard InChI is InChI=1S/C16H18Cl2N10O6S2/c17-11-23-13(19-5-7-35(29,30)31)27-15(25-11)21-9-1-2-10(4-3-9)22-16-26-12(18)24-14(28-16)20-6-8-36(32,33)34/h1-4H,5-8H2,(H,29,30,31)(H,32,33,34)(H2,19,21,23,25,27)(H2,20,22,24,26,28). The van der Waals surface area contributed by atoms with E-state index in [1.54, 1.807) is 24.3 Å². The number of halogens is 2. The van der Waals surface area contributed by atoms with Crippen molar-refractivity contribution in [3.05, 3.63) is 34.8 Å². The molecule has 194 valence electrons. The second kappa shape index (κ2) is 11.7. The zero-order chi connectivity index (χ0) is 26.3. The van der Waals surface area contributed by atoms with E-state index in [1.807, 2.05) is 0 Å². The first-order chi connectivity index (χ1) is 16.8. The summed E-state index contributed by atoms with van der Waals surface area (Å²) in [5.41, 5.74) is 1.13. The highest BCUT2D eigenvalue weighted by atomic mass is 35.5. The van der Waals surface area contributed by atoms with Crippen molar-refractivity contribution in [2.24, 2.45) is 0 Å². The number of aromatic nitrogens is 6. The predicted octanol–water partition coefficient (Wildman–Crippen LogP) is 1.45. The summed E-state index contributed by atoms with van der Waals surface area (Å²) in [6.45, 7) is -0.282. The van der Waals surface area contributed by atoms with E-state index in [1.165, 1.54) is 0 Å². The Bertz CT molecular complexity index is 1320. The van der Waals surface area contributed by atoms with Crippen molar-refractivity contribution in [2.45, 2.75) is 0 Å². The number of hydrogen-bond donors (Lipinski definition) is 6. The van der Waals surface area contributed by atoms with Gasteiger partial charge in [-0.25, -0.2) is 0 Å². The van der Waals surface area contributed by atoms with Gasteiger partial charge in [-0.15, -0.1) is 0 Å². The van der Waals surface area contributed by atoms with E-state index in [4.69, 9.17) is 32.3 Å². The van der Waals surface area contributed by atoms with E-state index >= 15 is 0 Å². The van der Waals surface area contributed by atoms with Crippen molar-refractivity contribution in [2.75, 3.05) is 45.9 Å². The summed E-state index contributed by atoms with van der Waals surface area (Å²) in [5.74, 6) is -0.909. The number of anilines is 6. The molecule has 0 atom stereocenters. The molecule has 0 aliphatic heterocycles. The summed E-state index contributed by atoms with van der Waals surface area (Å²) in [6, 6.07) is 6.66. The molecular weight excluding hydrogens is 563 g/mol. The van der Waals surface area contributed by atoms with Crippen molar-refractivity contribution >= 4 is 78.6 Å². The molecule has 0 unspecified atom stereocenters. The average Bonchev–Trinajstić information content (AvgIpc) is 2.72. The molecule has 3 rings (SSSR count). The maximum atomic E-state index is 10.8. The third-order valence-electron chi connectivity index (χ3n) is 3.90. The minimum atomic E-state index is -4.15. The second-order valence-corrected chi connectivity index (χ2v) is 10.6. The van der Waals surface area contributed by atoms with E-state index in [0.29, 0.717) is 11.4 Å². The van der Waals surface area contributed by atoms with Crippen LogP contribution in [-0.4, -0.2) is 80.4 Å². The summed E-state index contributed by atoms with van der Waals surface area (Å²) in [7, 11) is -8.29. The summed E-state index contributed by atoms with van der Waals surface area (Å²) in [4.78, 5) is 23.7. The Kier molecular flexibility index (Phi) is 8.93. The first-order valence-electron chi connectivity index (χ1n) is 9.70. The Morgan fingerprint density at radius 3 is 1.28 bits per heavy atom. The summed E-state index contributed by atoms with van der Waals surface area (Å²) < 4.78 is 60.8. The van der Waals surface area contributed by atoms with Gasteiger partial charge in [0.05, 0.1) is 11.5 Å². The molecule has 16 nitrogen and oxygen atoms in total. The Morgan fingerprint density at radius 2 is 0.944 bits per heavy atom. The van der Waals surface area contributed by atoms with Crippen molar-refractivity contribution in [1.82, 2.24) is 29.9 Å². The maximum Gasteiger partial charge on any atom is 0.266 e. The lowest BCUT2D eigenvalue weighted by atomic mass is 10.3. The molecule has 2 aromatic heterocycles. The Hall–Kier alpha value is -3.16. The number of rotatable bonds is 12. The van der Waals surface area contributed by atoms with Gasteiger partial charge in [-0.3, -0.25) is 9.11 Å². The SMILES string of the molecule is O=S(=O)(O)CCNc1nc(Cl)nc(Nc2ccc(Nc3nc(Cl)nc(NCCS(=O)(=O)O)n3)cc2)n1. The summed E-state index contributed by atoms with van der Waals surface area (Å²) in [6.07, 6.45) is 0. The topological polar surface area (TPSA) is 234 Å². The first kappa shape index (κ1) is 27.4. The van der Waals surface area contributed by atoms with Crippen LogP contribution in [0.5, 0.6) is 0 Å². The molecule has 6 N–H and O–H groups in total. The highest BCUT2D eigenvalue weighted by Crippen LogP contribution is 2.21. The molecule has 0 bridgehead atoms. The lowest BCUT2D eigenvalue weighted by Gasteiger charge is -2.10. The van der Waals surface area contributed by atoms with Gasteiger partial charge in [0.15, 0.2) is 0 Å². The van der Waals surface area contributed by atoms with Crippen LogP contribution in [0.1, 0.15) is 0 Å². The fourth-order valence-electron chi connectivity index (χ4n) is 2.45. The van der Waals surface area contributed by atoms with Crippen LogP contribution in [0.3, 0.4) is 0 Å². The number of benzene rings is 1.